The smallest absolute Gasteiger partial charge is 0.0845 e. The van der Waals surface area contributed by atoms with E-state index in [4.69, 9.17) is 5.26 Å². The third kappa shape index (κ3) is 1.75. The van der Waals surface area contributed by atoms with Crippen molar-refractivity contribution in [1.82, 2.24) is 0 Å². The van der Waals surface area contributed by atoms with Crippen LogP contribution in [0, 0.1) is 17.2 Å². The third-order valence-corrected chi connectivity index (χ3v) is 3.44. The molecular formula is C13H15NO. The first kappa shape index (κ1) is 10.2. The molecule has 1 aromatic carbocycles. The van der Waals surface area contributed by atoms with Crippen LogP contribution in [0.3, 0.4) is 0 Å². The molecule has 2 heteroatoms. The molecule has 1 aliphatic rings. The van der Waals surface area contributed by atoms with Gasteiger partial charge in [-0.25, -0.2) is 0 Å². The zero-order chi connectivity index (χ0) is 10.9. The molecule has 1 aromatic rings. The summed E-state index contributed by atoms with van der Waals surface area (Å²) in [6.45, 7) is 1.80. The molecule has 0 spiro atoms. The number of fused-ring (bicyclic) bond motifs is 1. The Bertz CT molecular complexity index is 407. The van der Waals surface area contributed by atoms with E-state index >= 15 is 0 Å². The lowest BCUT2D eigenvalue weighted by molar-refractivity contribution is -0.00453. The average Bonchev–Trinajstić information content (AvgIpc) is 2.27. The summed E-state index contributed by atoms with van der Waals surface area (Å²) in [7, 11) is 0. The lowest BCUT2D eigenvalue weighted by Crippen LogP contribution is -2.41. The van der Waals surface area contributed by atoms with Gasteiger partial charge in [-0.2, -0.15) is 5.26 Å². The van der Waals surface area contributed by atoms with Crippen LogP contribution in [0.15, 0.2) is 24.3 Å². The molecule has 2 unspecified atom stereocenters. The third-order valence-electron chi connectivity index (χ3n) is 3.44. The van der Waals surface area contributed by atoms with Gasteiger partial charge in [0.1, 0.15) is 0 Å². The summed E-state index contributed by atoms with van der Waals surface area (Å²) in [4.78, 5) is 0. The summed E-state index contributed by atoms with van der Waals surface area (Å²) in [6.07, 6.45) is 2.18. The number of hydrogen-bond acceptors (Lipinski definition) is 2. The van der Waals surface area contributed by atoms with Gasteiger partial charge in [-0.05, 0) is 30.9 Å². The minimum Gasteiger partial charge on any atom is -0.388 e. The molecule has 78 valence electrons. The van der Waals surface area contributed by atoms with E-state index in [2.05, 4.69) is 12.1 Å². The van der Waals surface area contributed by atoms with Crippen LogP contribution in [-0.4, -0.2) is 10.7 Å². The lowest BCUT2D eigenvalue weighted by Gasteiger charge is -2.35. The van der Waals surface area contributed by atoms with Gasteiger partial charge in [0.15, 0.2) is 0 Å². The average molecular weight is 201 g/mol. The van der Waals surface area contributed by atoms with E-state index in [-0.39, 0.29) is 5.92 Å². The van der Waals surface area contributed by atoms with E-state index in [1.165, 1.54) is 11.1 Å². The molecule has 2 nitrogen and oxygen atoms in total. The highest BCUT2D eigenvalue weighted by Gasteiger charge is 2.37. The molecule has 0 saturated carbocycles. The molecule has 0 saturated heterocycles. The van der Waals surface area contributed by atoms with Gasteiger partial charge in [-0.3, -0.25) is 0 Å². The summed E-state index contributed by atoms with van der Waals surface area (Å²) < 4.78 is 0. The maximum atomic E-state index is 10.4. The first-order valence-corrected chi connectivity index (χ1v) is 5.34. The second-order valence-corrected chi connectivity index (χ2v) is 4.40. The van der Waals surface area contributed by atoms with Crippen LogP contribution < -0.4 is 0 Å². The van der Waals surface area contributed by atoms with Crippen LogP contribution in [0.1, 0.15) is 24.5 Å². The molecule has 0 aromatic heterocycles. The Morgan fingerprint density at radius 2 is 2.07 bits per heavy atom. The maximum Gasteiger partial charge on any atom is 0.0845 e. The summed E-state index contributed by atoms with van der Waals surface area (Å²) in [5.41, 5.74) is 1.67. The van der Waals surface area contributed by atoms with Crippen molar-refractivity contribution in [2.45, 2.75) is 31.8 Å². The molecule has 0 fully saturated rings. The Kier molecular flexibility index (Phi) is 2.50. The highest BCUT2D eigenvalue weighted by atomic mass is 16.3. The fourth-order valence-electron chi connectivity index (χ4n) is 2.23. The van der Waals surface area contributed by atoms with Crippen molar-refractivity contribution in [3.63, 3.8) is 0 Å². The maximum absolute atomic E-state index is 10.4. The summed E-state index contributed by atoms with van der Waals surface area (Å²) in [6, 6.07) is 10.3. The largest absolute Gasteiger partial charge is 0.388 e. The minimum absolute atomic E-state index is 0.300. The molecule has 0 bridgehead atoms. The molecule has 0 amide bonds. The predicted molar refractivity (Wildman–Crippen MR) is 58.2 cm³/mol. The van der Waals surface area contributed by atoms with Crippen molar-refractivity contribution < 1.29 is 5.11 Å². The Labute approximate surface area is 90.2 Å². The number of nitriles is 1. The quantitative estimate of drug-likeness (QED) is 0.755. The van der Waals surface area contributed by atoms with Crippen LogP contribution in [-0.2, 0) is 12.8 Å². The normalized spacial score (nSPS) is 26.5. The first-order chi connectivity index (χ1) is 7.15. The number of aliphatic hydroxyl groups is 1. The van der Waals surface area contributed by atoms with Crippen LogP contribution in [0.5, 0.6) is 0 Å². The summed E-state index contributed by atoms with van der Waals surface area (Å²) in [5.74, 6) is -0.300. The van der Waals surface area contributed by atoms with Crippen LogP contribution in [0.4, 0.5) is 0 Å². The molecule has 0 aliphatic heterocycles. The van der Waals surface area contributed by atoms with Crippen molar-refractivity contribution in [3.8, 4) is 6.07 Å². The number of hydrogen-bond donors (Lipinski definition) is 1. The van der Waals surface area contributed by atoms with Crippen molar-refractivity contribution in [2.75, 3.05) is 0 Å². The topological polar surface area (TPSA) is 44.0 Å². The van der Waals surface area contributed by atoms with Gasteiger partial charge in [0, 0.05) is 6.42 Å². The molecule has 1 N–H and O–H groups in total. The Morgan fingerprint density at radius 1 is 1.40 bits per heavy atom. The van der Waals surface area contributed by atoms with Crippen LogP contribution >= 0.6 is 0 Å². The molecule has 1 aliphatic carbocycles. The second kappa shape index (κ2) is 3.67. The fourth-order valence-corrected chi connectivity index (χ4v) is 2.23. The highest BCUT2D eigenvalue weighted by Crippen LogP contribution is 2.33. The first-order valence-electron chi connectivity index (χ1n) is 5.34. The fraction of sp³-hybridized carbons (Fsp3) is 0.462. The zero-order valence-electron chi connectivity index (χ0n) is 8.90. The number of rotatable bonds is 1. The second-order valence-electron chi connectivity index (χ2n) is 4.40. The molecule has 15 heavy (non-hydrogen) atoms. The van der Waals surface area contributed by atoms with Crippen LogP contribution in [0.25, 0.3) is 0 Å². The summed E-state index contributed by atoms with van der Waals surface area (Å²) >= 11 is 0. The zero-order valence-corrected chi connectivity index (χ0v) is 8.90. The Morgan fingerprint density at radius 3 is 2.73 bits per heavy atom. The van der Waals surface area contributed by atoms with Crippen molar-refractivity contribution in [3.05, 3.63) is 35.4 Å². The molecule has 0 radical (unpaired) electrons. The van der Waals surface area contributed by atoms with Crippen molar-refractivity contribution >= 4 is 0 Å². The monoisotopic (exact) mass is 201 g/mol. The Balaban J connectivity index is 2.29. The SMILES string of the molecule is CC(C#N)C1(O)CCc2ccccc2C1. The predicted octanol–water partition coefficient (Wildman–Crippen LogP) is 2.07. The van der Waals surface area contributed by atoms with Crippen LogP contribution in [0.2, 0.25) is 0 Å². The standard InChI is InChI=1S/C13H15NO/c1-10(9-14)13(15)7-6-11-4-2-3-5-12(11)8-13/h2-5,10,15H,6-8H2,1H3. The molecule has 0 heterocycles. The number of nitrogens with zero attached hydrogens (tertiary/aromatic N) is 1. The lowest BCUT2D eigenvalue weighted by atomic mass is 9.74. The van der Waals surface area contributed by atoms with E-state index in [1.807, 2.05) is 18.2 Å². The highest BCUT2D eigenvalue weighted by molar-refractivity contribution is 5.32. The van der Waals surface area contributed by atoms with Gasteiger partial charge < -0.3 is 5.11 Å². The Hall–Kier alpha value is -1.33. The van der Waals surface area contributed by atoms with Gasteiger partial charge in [-0.1, -0.05) is 24.3 Å². The van der Waals surface area contributed by atoms with Gasteiger partial charge in [0.25, 0.3) is 0 Å². The van der Waals surface area contributed by atoms with E-state index in [1.54, 1.807) is 6.92 Å². The van der Waals surface area contributed by atoms with Gasteiger partial charge in [0.05, 0.1) is 17.6 Å². The number of benzene rings is 1. The van der Waals surface area contributed by atoms with Crippen molar-refractivity contribution in [1.29, 1.82) is 5.26 Å². The number of aryl methyl sites for hydroxylation is 1. The molecule has 2 atom stereocenters. The minimum atomic E-state index is -0.830. The van der Waals surface area contributed by atoms with E-state index in [0.717, 1.165) is 6.42 Å². The molecular weight excluding hydrogens is 186 g/mol. The van der Waals surface area contributed by atoms with Crippen molar-refractivity contribution in [2.24, 2.45) is 5.92 Å². The molecule has 2 rings (SSSR count). The van der Waals surface area contributed by atoms with E-state index in [0.29, 0.717) is 12.8 Å². The van der Waals surface area contributed by atoms with Gasteiger partial charge in [0.2, 0.25) is 0 Å². The van der Waals surface area contributed by atoms with Gasteiger partial charge >= 0.3 is 0 Å². The van der Waals surface area contributed by atoms with E-state index in [9.17, 15) is 5.11 Å². The van der Waals surface area contributed by atoms with E-state index < -0.39 is 5.60 Å². The summed E-state index contributed by atoms with van der Waals surface area (Å²) in [5, 5.41) is 19.3. The van der Waals surface area contributed by atoms with Gasteiger partial charge in [-0.15, -0.1) is 0 Å².